The Hall–Kier alpha value is -1.10. The maximum Gasteiger partial charge on any atom is 0.253 e. The molecule has 1 aromatic rings. The number of carbonyl (C=O) groups excluding carboxylic acids is 1. The Balaban J connectivity index is 2.41. The lowest BCUT2D eigenvalue weighted by molar-refractivity contribution is -0.888. The predicted molar refractivity (Wildman–Crippen MR) is 149 cm³/mol. The van der Waals surface area contributed by atoms with Gasteiger partial charge in [-0.05, 0) is 56.0 Å². The van der Waals surface area contributed by atoms with Crippen molar-refractivity contribution in [2.45, 2.75) is 72.6 Å². The summed E-state index contributed by atoms with van der Waals surface area (Å²) in [6, 6.07) is 5.95. The van der Waals surface area contributed by atoms with E-state index in [0.717, 1.165) is 42.4 Å². The number of hydrogen-bond donors (Lipinski definition) is 1. The first-order chi connectivity index (χ1) is 15.9. The SMILES string of the molecule is CC(C)CCCC(C)CCCC(C)Cc1ccc(C(=O)NCC[N+](C)(C)CCN(C)C)c(Cl)c1. The van der Waals surface area contributed by atoms with Crippen molar-refractivity contribution in [1.82, 2.24) is 10.2 Å². The Labute approximate surface area is 216 Å². The van der Waals surface area contributed by atoms with E-state index >= 15 is 0 Å². The third-order valence-electron chi connectivity index (χ3n) is 6.89. The molecule has 0 bridgehead atoms. The summed E-state index contributed by atoms with van der Waals surface area (Å²) in [5, 5.41) is 3.61. The number of nitrogens with one attached hydrogen (secondary N) is 1. The van der Waals surface area contributed by atoms with Crippen molar-refractivity contribution in [2.24, 2.45) is 17.8 Å². The van der Waals surface area contributed by atoms with Crippen LogP contribution in [-0.2, 0) is 6.42 Å². The van der Waals surface area contributed by atoms with Gasteiger partial charge in [-0.25, -0.2) is 0 Å². The molecule has 0 heterocycles. The maximum absolute atomic E-state index is 12.7. The first kappa shape index (κ1) is 30.9. The molecule has 2 atom stereocenters. The van der Waals surface area contributed by atoms with Crippen molar-refractivity contribution in [3.8, 4) is 0 Å². The van der Waals surface area contributed by atoms with Crippen LogP contribution in [0.25, 0.3) is 0 Å². The Morgan fingerprint density at radius 1 is 0.971 bits per heavy atom. The Bertz CT molecular complexity index is 717. The summed E-state index contributed by atoms with van der Waals surface area (Å²) < 4.78 is 0.875. The van der Waals surface area contributed by atoms with Gasteiger partial charge in [0.25, 0.3) is 5.91 Å². The lowest BCUT2D eigenvalue weighted by Gasteiger charge is -2.31. The van der Waals surface area contributed by atoms with Crippen LogP contribution in [-0.4, -0.2) is 69.7 Å². The van der Waals surface area contributed by atoms with Crippen LogP contribution in [0.3, 0.4) is 0 Å². The van der Waals surface area contributed by atoms with Crippen molar-refractivity contribution in [3.63, 3.8) is 0 Å². The summed E-state index contributed by atoms with van der Waals surface area (Å²) in [5.41, 5.74) is 1.80. The molecule has 2 unspecified atom stereocenters. The highest BCUT2D eigenvalue weighted by Gasteiger charge is 2.17. The third-order valence-corrected chi connectivity index (χ3v) is 7.20. The minimum atomic E-state index is -0.0799. The molecule has 0 aromatic heterocycles. The van der Waals surface area contributed by atoms with Gasteiger partial charge in [0.05, 0.1) is 44.3 Å². The van der Waals surface area contributed by atoms with Gasteiger partial charge in [-0.2, -0.15) is 0 Å². The summed E-state index contributed by atoms with van der Waals surface area (Å²) in [7, 11) is 8.58. The first-order valence-electron chi connectivity index (χ1n) is 13.4. The molecule has 0 aliphatic heterocycles. The van der Waals surface area contributed by atoms with Gasteiger partial charge < -0.3 is 14.7 Å². The average molecular weight is 495 g/mol. The molecule has 0 saturated carbocycles. The van der Waals surface area contributed by atoms with E-state index in [2.05, 4.69) is 72.2 Å². The Kier molecular flexibility index (Phi) is 14.4. The van der Waals surface area contributed by atoms with Gasteiger partial charge in [-0.3, -0.25) is 4.79 Å². The van der Waals surface area contributed by atoms with Crippen LogP contribution in [0.4, 0.5) is 0 Å². The van der Waals surface area contributed by atoms with E-state index < -0.39 is 0 Å². The normalized spacial score (nSPS) is 14.0. The van der Waals surface area contributed by atoms with Gasteiger partial charge in [0, 0.05) is 6.54 Å². The standard InChI is InChI=1S/C29H52ClN3O/c1-23(2)11-9-12-24(3)13-10-14-25(4)21-26-15-16-27(28(30)22-26)29(34)31-17-19-33(7,8)20-18-32(5)6/h15-16,22-25H,9-14,17-21H2,1-8H3/p+1. The van der Waals surface area contributed by atoms with Crippen LogP contribution >= 0.6 is 11.6 Å². The minimum absolute atomic E-state index is 0.0799. The number of carbonyl (C=O) groups is 1. The molecule has 1 rings (SSSR count). The fourth-order valence-electron chi connectivity index (χ4n) is 4.36. The van der Waals surface area contributed by atoms with Crippen LogP contribution in [0.1, 0.15) is 82.1 Å². The largest absolute Gasteiger partial charge is 0.346 e. The molecule has 4 nitrogen and oxygen atoms in total. The quantitative estimate of drug-likeness (QED) is 0.250. The number of amides is 1. The molecule has 0 saturated heterocycles. The zero-order valence-corrected chi connectivity index (χ0v) is 24.2. The number of rotatable bonds is 17. The summed E-state index contributed by atoms with van der Waals surface area (Å²) in [5.74, 6) is 2.20. The van der Waals surface area contributed by atoms with Crippen LogP contribution < -0.4 is 5.32 Å². The Morgan fingerprint density at radius 3 is 2.18 bits per heavy atom. The molecule has 34 heavy (non-hydrogen) atoms. The molecule has 1 aromatic carbocycles. The van der Waals surface area contributed by atoms with Gasteiger partial charge >= 0.3 is 0 Å². The minimum Gasteiger partial charge on any atom is -0.346 e. The lowest BCUT2D eigenvalue weighted by Crippen LogP contribution is -2.48. The zero-order chi connectivity index (χ0) is 25.7. The van der Waals surface area contributed by atoms with Crippen molar-refractivity contribution in [3.05, 3.63) is 34.3 Å². The van der Waals surface area contributed by atoms with Crippen LogP contribution in [0, 0.1) is 17.8 Å². The average Bonchev–Trinajstić information content (AvgIpc) is 2.72. The van der Waals surface area contributed by atoms with Crippen molar-refractivity contribution in [2.75, 3.05) is 54.4 Å². The summed E-state index contributed by atoms with van der Waals surface area (Å²) >= 11 is 6.51. The molecule has 0 fully saturated rings. The molecule has 0 spiro atoms. The van der Waals surface area contributed by atoms with Crippen molar-refractivity contribution < 1.29 is 9.28 Å². The molecule has 0 aliphatic rings. The molecule has 5 heteroatoms. The second kappa shape index (κ2) is 15.8. The highest BCUT2D eigenvalue weighted by atomic mass is 35.5. The van der Waals surface area contributed by atoms with Crippen LogP contribution in [0.2, 0.25) is 5.02 Å². The smallest absolute Gasteiger partial charge is 0.253 e. The fourth-order valence-corrected chi connectivity index (χ4v) is 4.65. The molecule has 196 valence electrons. The fraction of sp³-hybridized carbons (Fsp3) is 0.759. The number of likely N-dealkylation sites (N-methyl/N-ethyl adjacent to an activating group) is 2. The topological polar surface area (TPSA) is 32.3 Å². The third kappa shape index (κ3) is 13.7. The summed E-state index contributed by atoms with van der Waals surface area (Å²) in [6.45, 7) is 13.0. The van der Waals surface area contributed by atoms with Gasteiger partial charge in [-0.1, -0.05) is 83.9 Å². The van der Waals surface area contributed by atoms with Crippen molar-refractivity contribution >= 4 is 17.5 Å². The summed E-state index contributed by atoms with van der Waals surface area (Å²) in [6.07, 6.45) is 8.95. The number of hydrogen-bond acceptors (Lipinski definition) is 2. The zero-order valence-electron chi connectivity index (χ0n) is 23.4. The predicted octanol–water partition coefficient (Wildman–Crippen LogP) is 6.52. The number of benzene rings is 1. The number of nitrogens with zero attached hydrogens (tertiary/aromatic N) is 2. The van der Waals surface area contributed by atoms with E-state index in [1.165, 1.54) is 44.1 Å². The number of halogens is 1. The van der Waals surface area contributed by atoms with E-state index in [4.69, 9.17) is 11.6 Å². The Morgan fingerprint density at radius 2 is 1.59 bits per heavy atom. The second-order valence-corrected chi connectivity index (χ2v) is 12.3. The molecule has 0 radical (unpaired) electrons. The highest BCUT2D eigenvalue weighted by Crippen LogP contribution is 2.23. The van der Waals surface area contributed by atoms with Gasteiger partial charge in [0.1, 0.15) is 0 Å². The van der Waals surface area contributed by atoms with Gasteiger partial charge in [-0.15, -0.1) is 0 Å². The number of quaternary nitrogens is 1. The first-order valence-corrected chi connectivity index (χ1v) is 13.8. The maximum atomic E-state index is 12.7. The van der Waals surface area contributed by atoms with E-state index in [9.17, 15) is 4.79 Å². The van der Waals surface area contributed by atoms with E-state index in [0.29, 0.717) is 23.0 Å². The highest BCUT2D eigenvalue weighted by molar-refractivity contribution is 6.33. The molecular weight excluding hydrogens is 442 g/mol. The van der Waals surface area contributed by atoms with E-state index in [1.54, 1.807) is 0 Å². The molecule has 1 amide bonds. The van der Waals surface area contributed by atoms with E-state index in [-0.39, 0.29) is 5.91 Å². The summed E-state index contributed by atoms with van der Waals surface area (Å²) in [4.78, 5) is 14.8. The van der Waals surface area contributed by atoms with Crippen molar-refractivity contribution in [1.29, 1.82) is 0 Å². The lowest BCUT2D eigenvalue weighted by atomic mass is 9.91. The molecule has 1 N–H and O–H groups in total. The van der Waals surface area contributed by atoms with Crippen LogP contribution in [0.15, 0.2) is 18.2 Å². The van der Waals surface area contributed by atoms with Gasteiger partial charge in [0.15, 0.2) is 0 Å². The van der Waals surface area contributed by atoms with Crippen LogP contribution in [0.5, 0.6) is 0 Å². The second-order valence-electron chi connectivity index (χ2n) is 11.9. The molecule has 0 aliphatic carbocycles. The monoisotopic (exact) mass is 494 g/mol. The van der Waals surface area contributed by atoms with E-state index in [1.807, 2.05) is 12.1 Å². The molecular formula is C29H53ClN3O+. The van der Waals surface area contributed by atoms with Gasteiger partial charge in [0.2, 0.25) is 0 Å².